The average molecular weight is 531 g/mol. The SMILES string of the molecule is CC(C)OC(=O)N1CCC(N2CCC(Oc3ccc(S(=O)(=O)c4ccc5c(c4)OCO5)cc3)CC2)CC1. The Balaban J connectivity index is 1.11. The summed E-state index contributed by atoms with van der Waals surface area (Å²) >= 11 is 0. The van der Waals surface area contributed by atoms with Crippen LogP contribution in [0.15, 0.2) is 52.3 Å². The van der Waals surface area contributed by atoms with Gasteiger partial charge >= 0.3 is 6.09 Å². The van der Waals surface area contributed by atoms with E-state index in [-0.39, 0.29) is 34.9 Å². The Morgan fingerprint density at radius 1 is 0.892 bits per heavy atom. The Hall–Kier alpha value is -2.98. The van der Waals surface area contributed by atoms with Crippen molar-refractivity contribution in [1.82, 2.24) is 9.80 Å². The third-order valence-corrected chi connectivity index (χ3v) is 8.91. The summed E-state index contributed by atoms with van der Waals surface area (Å²) in [6.45, 7) is 7.19. The fourth-order valence-corrected chi connectivity index (χ4v) is 6.39. The quantitative estimate of drug-likeness (QED) is 0.551. The lowest BCUT2D eigenvalue weighted by molar-refractivity contribution is 0.0357. The second-order valence-corrected chi connectivity index (χ2v) is 11.9. The summed E-state index contributed by atoms with van der Waals surface area (Å²) in [7, 11) is -3.68. The van der Waals surface area contributed by atoms with E-state index in [0.717, 1.165) is 51.9 Å². The van der Waals surface area contributed by atoms with Crippen molar-refractivity contribution in [2.45, 2.75) is 67.6 Å². The van der Waals surface area contributed by atoms with Gasteiger partial charge in [0.05, 0.1) is 15.9 Å². The highest BCUT2D eigenvalue weighted by molar-refractivity contribution is 7.91. The maximum absolute atomic E-state index is 13.1. The van der Waals surface area contributed by atoms with Crippen LogP contribution in [0.25, 0.3) is 0 Å². The molecule has 0 aliphatic carbocycles. The number of carbonyl (C=O) groups is 1. The number of hydrogen-bond acceptors (Lipinski definition) is 8. The van der Waals surface area contributed by atoms with Crippen LogP contribution in [0.2, 0.25) is 0 Å². The van der Waals surface area contributed by atoms with Crippen LogP contribution in [0.5, 0.6) is 17.2 Å². The molecule has 0 saturated carbocycles. The molecule has 3 aliphatic heterocycles. The molecule has 10 heteroatoms. The molecule has 2 saturated heterocycles. The summed E-state index contributed by atoms with van der Waals surface area (Å²) in [5, 5.41) is 0. The molecule has 3 heterocycles. The van der Waals surface area contributed by atoms with Gasteiger partial charge in [-0.1, -0.05) is 0 Å². The lowest BCUT2D eigenvalue weighted by Gasteiger charge is -2.41. The molecule has 2 aromatic rings. The van der Waals surface area contributed by atoms with Gasteiger partial charge in [-0.2, -0.15) is 0 Å². The molecular formula is C27H34N2O7S. The number of piperidine rings is 2. The first-order valence-corrected chi connectivity index (χ1v) is 14.4. The van der Waals surface area contributed by atoms with Gasteiger partial charge in [0, 0.05) is 38.3 Å². The number of hydrogen-bond donors (Lipinski definition) is 0. The van der Waals surface area contributed by atoms with Crippen LogP contribution < -0.4 is 14.2 Å². The number of ether oxygens (including phenoxy) is 4. The lowest BCUT2D eigenvalue weighted by atomic mass is 9.99. The van der Waals surface area contributed by atoms with E-state index in [1.807, 2.05) is 18.7 Å². The molecule has 0 atom stereocenters. The predicted molar refractivity (Wildman–Crippen MR) is 136 cm³/mol. The van der Waals surface area contributed by atoms with Gasteiger partial charge in [0.25, 0.3) is 0 Å². The van der Waals surface area contributed by atoms with Crippen molar-refractivity contribution in [2.75, 3.05) is 33.0 Å². The topological polar surface area (TPSA) is 94.6 Å². The molecule has 0 N–H and O–H groups in total. The Bertz CT molecular complexity index is 1200. The van der Waals surface area contributed by atoms with E-state index in [1.165, 1.54) is 12.1 Å². The maximum atomic E-state index is 13.1. The Morgan fingerprint density at radius 2 is 1.54 bits per heavy atom. The van der Waals surface area contributed by atoms with Gasteiger partial charge in [-0.05, 0) is 75.9 Å². The van der Waals surface area contributed by atoms with Crippen LogP contribution in [0.3, 0.4) is 0 Å². The Kier molecular flexibility index (Phi) is 7.48. The van der Waals surface area contributed by atoms with Gasteiger partial charge in [0.15, 0.2) is 11.5 Å². The molecule has 0 spiro atoms. The number of likely N-dealkylation sites (tertiary alicyclic amines) is 2. The largest absolute Gasteiger partial charge is 0.490 e. The summed E-state index contributed by atoms with van der Waals surface area (Å²) in [6.07, 6.45) is 3.51. The van der Waals surface area contributed by atoms with Crippen LogP contribution in [0.4, 0.5) is 4.79 Å². The van der Waals surface area contributed by atoms with Crippen molar-refractivity contribution in [2.24, 2.45) is 0 Å². The molecule has 37 heavy (non-hydrogen) atoms. The molecule has 0 aromatic heterocycles. The summed E-state index contributed by atoms with van der Waals surface area (Å²) in [4.78, 5) is 16.8. The van der Waals surface area contributed by atoms with Crippen molar-refractivity contribution in [3.05, 3.63) is 42.5 Å². The summed E-state index contributed by atoms with van der Waals surface area (Å²) in [5.41, 5.74) is 0. The molecule has 3 aliphatic rings. The van der Waals surface area contributed by atoms with E-state index >= 15 is 0 Å². The molecule has 0 radical (unpaired) electrons. The van der Waals surface area contributed by atoms with Gasteiger partial charge in [0.1, 0.15) is 11.9 Å². The first-order valence-electron chi connectivity index (χ1n) is 12.9. The number of benzene rings is 2. The van der Waals surface area contributed by atoms with E-state index in [2.05, 4.69) is 4.90 Å². The fraction of sp³-hybridized carbons (Fsp3) is 0.519. The van der Waals surface area contributed by atoms with Crippen molar-refractivity contribution in [3.63, 3.8) is 0 Å². The van der Waals surface area contributed by atoms with Gasteiger partial charge in [-0.25, -0.2) is 13.2 Å². The number of sulfone groups is 1. The van der Waals surface area contributed by atoms with Crippen LogP contribution in [-0.2, 0) is 14.6 Å². The van der Waals surface area contributed by atoms with Crippen LogP contribution in [-0.4, -0.2) is 75.5 Å². The number of carbonyl (C=O) groups excluding carboxylic acids is 1. The zero-order valence-electron chi connectivity index (χ0n) is 21.3. The minimum absolute atomic E-state index is 0.0914. The number of nitrogens with zero attached hydrogens (tertiary/aromatic N) is 2. The van der Waals surface area contributed by atoms with E-state index in [4.69, 9.17) is 18.9 Å². The second kappa shape index (κ2) is 10.8. The predicted octanol–water partition coefficient (Wildman–Crippen LogP) is 4.10. The number of rotatable bonds is 6. The first kappa shape index (κ1) is 25.7. The molecule has 200 valence electrons. The molecule has 0 unspecified atom stereocenters. The van der Waals surface area contributed by atoms with Crippen LogP contribution >= 0.6 is 0 Å². The Labute approximate surface area is 218 Å². The third-order valence-electron chi connectivity index (χ3n) is 7.14. The Morgan fingerprint density at radius 3 is 2.22 bits per heavy atom. The first-order chi connectivity index (χ1) is 17.8. The molecule has 2 aromatic carbocycles. The zero-order valence-corrected chi connectivity index (χ0v) is 22.1. The van der Waals surface area contributed by atoms with Crippen molar-refractivity contribution >= 4 is 15.9 Å². The van der Waals surface area contributed by atoms with Crippen molar-refractivity contribution < 1.29 is 32.2 Å². The third kappa shape index (κ3) is 5.80. The summed E-state index contributed by atoms with van der Waals surface area (Å²) in [6, 6.07) is 11.7. The molecule has 1 amide bonds. The van der Waals surface area contributed by atoms with Gasteiger partial charge in [-0.3, -0.25) is 4.90 Å². The average Bonchev–Trinajstić information content (AvgIpc) is 3.37. The van der Waals surface area contributed by atoms with E-state index in [1.54, 1.807) is 30.3 Å². The monoisotopic (exact) mass is 530 g/mol. The summed E-state index contributed by atoms with van der Waals surface area (Å²) in [5.74, 6) is 1.65. The highest BCUT2D eigenvalue weighted by Gasteiger charge is 2.31. The van der Waals surface area contributed by atoms with E-state index in [0.29, 0.717) is 23.3 Å². The van der Waals surface area contributed by atoms with E-state index < -0.39 is 9.84 Å². The second-order valence-electron chi connectivity index (χ2n) is 9.99. The number of fused-ring (bicyclic) bond motifs is 1. The van der Waals surface area contributed by atoms with Gasteiger partial charge < -0.3 is 23.8 Å². The maximum Gasteiger partial charge on any atom is 0.410 e. The van der Waals surface area contributed by atoms with Gasteiger partial charge in [0.2, 0.25) is 16.6 Å². The molecule has 0 bridgehead atoms. The highest BCUT2D eigenvalue weighted by atomic mass is 32.2. The van der Waals surface area contributed by atoms with Gasteiger partial charge in [-0.15, -0.1) is 0 Å². The lowest BCUT2D eigenvalue weighted by Crippen LogP contribution is -2.50. The normalized spacial score (nSPS) is 19.3. The smallest absolute Gasteiger partial charge is 0.410 e. The molecule has 2 fully saturated rings. The standard InChI is InChI=1S/C27H34N2O7S/c1-19(2)35-27(30)29-13-9-20(10-14-29)28-15-11-22(12-16-28)36-21-3-5-23(6-4-21)37(31,32)24-7-8-25-26(17-24)34-18-33-25/h3-8,17,19-20,22H,9-16,18H2,1-2H3. The van der Waals surface area contributed by atoms with Crippen molar-refractivity contribution in [3.8, 4) is 17.2 Å². The minimum Gasteiger partial charge on any atom is -0.490 e. The number of amides is 1. The molecule has 5 rings (SSSR count). The zero-order chi connectivity index (χ0) is 26.0. The van der Waals surface area contributed by atoms with E-state index in [9.17, 15) is 13.2 Å². The summed E-state index contributed by atoms with van der Waals surface area (Å²) < 4.78 is 48.2. The fourth-order valence-electron chi connectivity index (χ4n) is 5.12. The van der Waals surface area contributed by atoms with Crippen LogP contribution in [0, 0.1) is 0 Å². The highest BCUT2D eigenvalue weighted by Crippen LogP contribution is 2.35. The minimum atomic E-state index is -3.68. The van der Waals surface area contributed by atoms with Crippen molar-refractivity contribution in [1.29, 1.82) is 0 Å². The molecule has 9 nitrogen and oxygen atoms in total. The molecular weight excluding hydrogens is 496 g/mol. The van der Waals surface area contributed by atoms with Crippen LogP contribution in [0.1, 0.15) is 39.5 Å².